The van der Waals surface area contributed by atoms with Gasteiger partial charge in [-0.3, -0.25) is 14.2 Å². The summed E-state index contributed by atoms with van der Waals surface area (Å²) in [7, 11) is 2.82. The average Bonchev–Trinajstić information content (AvgIpc) is 2.80. The zero-order valence-electron chi connectivity index (χ0n) is 17.6. The minimum atomic E-state index is -0.523. The van der Waals surface area contributed by atoms with Crippen molar-refractivity contribution in [3.8, 4) is 0 Å². The Morgan fingerprint density at radius 1 is 1.19 bits per heavy atom. The minimum Gasteiger partial charge on any atom is -0.465 e. The van der Waals surface area contributed by atoms with Crippen LogP contribution >= 0.6 is 23.4 Å². The Morgan fingerprint density at radius 3 is 2.69 bits per heavy atom. The number of benzene rings is 2. The first-order valence-corrected chi connectivity index (χ1v) is 11.1. The van der Waals surface area contributed by atoms with Gasteiger partial charge in [0.15, 0.2) is 5.16 Å². The molecule has 0 fully saturated rings. The first kappa shape index (κ1) is 23.8. The van der Waals surface area contributed by atoms with Crippen LogP contribution < -0.4 is 10.9 Å². The highest BCUT2D eigenvalue weighted by atomic mass is 35.5. The second-order valence-corrected chi connectivity index (χ2v) is 8.07. The van der Waals surface area contributed by atoms with Gasteiger partial charge >= 0.3 is 5.97 Å². The van der Waals surface area contributed by atoms with Crippen LogP contribution in [0.15, 0.2) is 52.4 Å². The molecule has 3 rings (SSSR count). The summed E-state index contributed by atoms with van der Waals surface area (Å²) in [5.41, 5.74) is 1.17. The Labute approximate surface area is 193 Å². The van der Waals surface area contributed by atoms with Gasteiger partial charge in [-0.2, -0.15) is 0 Å². The highest BCUT2D eigenvalue weighted by Crippen LogP contribution is 2.20. The van der Waals surface area contributed by atoms with Crippen LogP contribution in [-0.2, 0) is 27.4 Å². The van der Waals surface area contributed by atoms with Crippen molar-refractivity contribution in [3.05, 3.63) is 69.0 Å². The number of rotatable bonds is 9. The lowest BCUT2D eigenvalue weighted by Gasteiger charge is -2.13. The van der Waals surface area contributed by atoms with Crippen LogP contribution in [0.25, 0.3) is 10.9 Å². The van der Waals surface area contributed by atoms with Crippen LogP contribution in [0, 0.1) is 0 Å². The molecular formula is C22H22ClN3O5S. The largest absolute Gasteiger partial charge is 0.465 e. The molecule has 32 heavy (non-hydrogen) atoms. The Bertz CT molecular complexity index is 1200. The first-order valence-electron chi connectivity index (χ1n) is 9.69. The molecule has 1 aromatic heterocycles. The van der Waals surface area contributed by atoms with E-state index < -0.39 is 5.97 Å². The molecule has 0 saturated carbocycles. The van der Waals surface area contributed by atoms with Crippen LogP contribution in [0.5, 0.6) is 0 Å². The van der Waals surface area contributed by atoms with Crippen LogP contribution in [0.2, 0.25) is 5.02 Å². The quantitative estimate of drug-likeness (QED) is 0.288. The van der Waals surface area contributed by atoms with E-state index in [2.05, 4.69) is 10.3 Å². The van der Waals surface area contributed by atoms with Gasteiger partial charge in [-0.25, -0.2) is 9.78 Å². The van der Waals surface area contributed by atoms with Gasteiger partial charge in [-0.05, 0) is 29.8 Å². The van der Waals surface area contributed by atoms with Gasteiger partial charge in [0.2, 0.25) is 5.91 Å². The summed E-state index contributed by atoms with van der Waals surface area (Å²) in [4.78, 5) is 41.8. The van der Waals surface area contributed by atoms with Gasteiger partial charge in [0.05, 0.1) is 42.5 Å². The number of carbonyl (C=O) groups is 2. The topological polar surface area (TPSA) is 99.5 Å². The molecule has 0 atom stereocenters. The lowest BCUT2D eigenvalue weighted by molar-refractivity contribution is -0.118. The van der Waals surface area contributed by atoms with E-state index >= 15 is 0 Å². The van der Waals surface area contributed by atoms with Gasteiger partial charge in [-0.15, -0.1) is 0 Å². The van der Waals surface area contributed by atoms with Gasteiger partial charge in [-0.1, -0.05) is 41.6 Å². The van der Waals surface area contributed by atoms with Crippen LogP contribution in [0.4, 0.5) is 0 Å². The summed E-state index contributed by atoms with van der Waals surface area (Å²) in [6, 6.07) is 11.8. The number of ether oxygens (including phenoxy) is 2. The zero-order chi connectivity index (χ0) is 23.1. The number of nitrogens with one attached hydrogen (secondary N) is 1. The van der Waals surface area contributed by atoms with Crippen molar-refractivity contribution >= 4 is 46.1 Å². The van der Waals surface area contributed by atoms with E-state index in [4.69, 9.17) is 21.1 Å². The third kappa shape index (κ3) is 5.67. The van der Waals surface area contributed by atoms with E-state index in [0.29, 0.717) is 34.2 Å². The second-order valence-electron chi connectivity index (χ2n) is 6.72. The van der Waals surface area contributed by atoms with E-state index in [1.165, 1.54) is 30.9 Å². The van der Waals surface area contributed by atoms with Crippen molar-refractivity contribution in [1.82, 2.24) is 14.9 Å². The number of aromatic nitrogens is 2. The molecule has 168 valence electrons. The molecule has 0 saturated heterocycles. The van der Waals surface area contributed by atoms with Crippen LogP contribution in [0.3, 0.4) is 0 Å². The normalized spacial score (nSPS) is 10.8. The molecule has 0 aliphatic heterocycles. The molecule has 8 nitrogen and oxygen atoms in total. The van der Waals surface area contributed by atoms with E-state index in [1.807, 2.05) is 18.2 Å². The number of carbonyl (C=O) groups excluding carboxylic acids is 2. The molecule has 1 N–H and O–H groups in total. The maximum absolute atomic E-state index is 13.0. The zero-order valence-corrected chi connectivity index (χ0v) is 19.2. The number of amides is 1. The Kier molecular flexibility index (Phi) is 8.26. The SMILES string of the molecule is COCCn1c(SCC(=O)NCc2ccccc2Cl)nc2cc(C(=O)OC)ccc2c1=O. The summed E-state index contributed by atoms with van der Waals surface area (Å²) >= 11 is 7.25. The molecule has 1 heterocycles. The number of hydrogen-bond acceptors (Lipinski definition) is 7. The predicted molar refractivity (Wildman–Crippen MR) is 123 cm³/mol. The van der Waals surface area contributed by atoms with Crippen LogP contribution in [0.1, 0.15) is 15.9 Å². The van der Waals surface area contributed by atoms with E-state index in [-0.39, 0.29) is 29.3 Å². The Morgan fingerprint density at radius 2 is 1.97 bits per heavy atom. The van der Waals surface area contributed by atoms with Gasteiger partial charge in [0.25, 0.3) is 5.56 Å². The molecule has 0 aliphatic rings. The summed E-state index contributed by atoms with van der Waals surface area (Å²) in [6.07, 6.45) is 0. The molecule has 10 heteroatoms. The van der Waals surface area contributed by atoms with Gasteiger partial charge < -0.3 is 14.8 Å². The maximum atomic E-state index is 13.0. The van der Waals surface area contributed by atoms with Crippen molar-refractivity contribution in [2.24, 2.45) is 0 Å². The monoisotopic (exact) mass is 475 g/mol. The minimum absolute atomic E-state index is 0.0477. The molecule has 0 radical (unpaired) electrons. The molecule has 0 aliphatic carbocycles. The first-order chi connectivity index (χ1) is 15.4. The van der Waals surface area contributed by atoms with Gasteiger partial charge in [0.1, 0.15) is 0 Å². The molecule has 0 spiro atoms. The summed E-state index contributed by atoms with van der Waals surface area (Å²) < 4.78 is 11.3. The van der Waals surface area contributed by atoms with Gasteiger partial charge in [0, 0.05) is 18.7 Å². The summed E-state index contributed by atoms with van der Waals surface area (Å²) in [6.45, 7) is 0.878. The fraction of sp³-hybridized carbons (Fsp3) is 0.273. The summed E-state index contributed by atoms with van der Waals surface area (Å²) in [5, 5.41) is 4.10. The molecule has 3 aromatic rings. The number of halogens is 1. The molecule has 2 aromatic carbocycles. The standard InChI is InChI=1S/C22H22ClN3O5S/c1-30-10-9-26-20(28)16-8-7-14(21(29)31-2)11-18(16)25-22(26)32-13-19(27)24-12-15-5-3-4-6-17(15)23/h3-8,11H,9-10,12-13H2,1-2H3,(H,24,27). The smallest absolute Gasteiger partial charge is 0.337 e. The Balaban J connectivity index is 1.82. The van der Waals surface area contributed by atoms with Crippen LogP contribution in [-0.4, -0.2) is 48.0 Å². The van der Waals surface area contributed by atoms with Crippen molar-refractivity contribution < 1.29 is 19.1 Å². The van der Waals surface area contributed by atoms with Crippen molar-refractivity contribution in [1.29, 1.82) is 0 Å². The lowest BCUT2D eigenvalue weighted by atomic mass is 10.1. The lowest BCUT2D eigenvalue weighted by Crippen LogP contribution is -2.27. The third-order valence-corrected chi connectivity index (χ3v) is 5.97. The molecule has 0 unspecified atom stereocenters. The summed E-state index contributed by atoms with van der Waals surface area (Å²) in [5.74, 6) is -0.706. The van der Waals surface area contributed by atoms with Crippen molar-refractivity contribution in [3.63, 3.8) is 0 Å². The second kappa shape index (κ2) is 11.1. The van der Waals surface area contributed by atoms with Crippen molar-refractivity contribution in [2.45, 2.75) is 18.2 Å². The Hall–Kier alpha value is -2.88. The number of hydrogen-bond donors (Lipinski definition) is 1. The molecule has 1 amide bonds. The van der Waals surface area contributed by atoms with Crippen molar-refractivity contribution in [2.75, 3.05) is 26.6 Å². The maximum Gasteiger partial charge on any atom is 0.337 e. The fourth-order valence-corrected chi connectivity index (χ4v) is 4.01. The number of nitrogens with zero attached hydrogens (tertiary/aromatic N) is 2. The predicted octanol–water partition coefficient (Wildman–Crippen LogP) is 2.89. The van der Waals surface area contributed by atoms with E-state index in [1.54, 1.807) is 12.1 Å². The van der Waals surface area contributed by atoms with E-state index in [9.17, 15) is 14.4 Å². The fourth-order valence-electron chi connectivity index (χ4n) is 2.95. The number of methoxy groups -OCH3 is 2. The number of fused-ring (bicyclic) bond motifs is 1. The average molecular weight is 476 g/mol. The number of thioether (sulfide) groups is 1. The molecular weight excluding hydrogens is 454 g/mol. The highest BCUT2D eigenvalue weighted by molar-refractivity contribution is 7.99. The number of esters is 1. The highest BCUT2D eigenvalue weighted by Gasteiger charge is 2.15. The molecule has 0 bridgehead atoms. The van der Waals surface area contributed by atoms with E-state index in [0.717, 1.165) is 17.3 Å². The third-order valence-electron chi connectivity index (χ3n) is 4.63.